The van der Waals surface area contributed by atoms with Gasteiger partial charge in [0.15, 0.2) is 0 Å². The Morgan fingerprint density at radius 1 is 1.04 bits per heavy atom. The van der Waals surface area contributed by atoms with Crippen molar-refractivity contribution in [3.63, 3.8) is 0 Å². The Balaban J connectivity index is 1.69. The molecule has 1 aromatic heterocycles. The van der Waals surface area contributed by atoms with E-state index in [0.29, 0.717) is 5.69 Å². The zero-order valence-electron chi connectivity index (χ0n) is 12.7. The van der Waals surface area contributed by atoms with Crippen LogP contribution in [0.3, 0.4) is 0 Å². The van der Waals surface area contributed by atoms with Gasteiger partial charge in [-0.05, 0) is 36.4 Å². The summed E-state index contributed by atoms with van der Waals surface area (Å²) in [7, 11) is 0. The minimum atomic E-state index is -4.52. The normalized spacial score (nSPS) is 11.2. The SMILES string of the molecule is O=C(NNc1ccccc1C(F)(F)F)c1ccc(-n2cncn2)cc1. The van der Waals surface area contributed by atoms with Crippen molar-refractivity contribution in [2.75, 3.05) is 5.43 Å². The van der Waals surface area contributed by atoms with Gasteiger partial charge in [0.25, 0.3) is 5.91 Å². The molecule has 0 radical (unpaired) electrons. The number of carbonyl (C=O) groups excluding carboxylic acids is 1. The summed E-state index contributed by atoms with van der Waals surface area (Å²) in [5.74, 6) is -0.567. The maximum Gasteiger partial charge on any atom is 0.418 e. The second-order valence-corrected chi connectivity index (χ2v) is 5.01. The minimum absolute atomic E-state index is 0.234. The van der Waals surface area contributed by atoms with Crippen LogP contribution in [0.5, 0.6) is 0 Å². The summed E-state index contributed by atoms with van der Waals surface area (Å²) in [5.41, 5.74) is 4.45. The van der Waals surface area contributed by atoms with Crippen LogP contribution in [0.25, 0.3) is 5.69 Å². The summed E-state index contributed by atoms with van der Waals surface area (Å²) in [6.07, 6.45) is -1.64. The molecule has 2 N–H and O–H groups in total. The number of hydrogen-bond acceptors (Lipinski definition) is 4. The Hall–Kier alpha value is -3.36. The molecule has 0 saturated carbocycles. The first-order valence-corrected chi connectivity index (χ1v) is 7.13. The second kappa shape index (κ2) is 6.63. The molecule has 0 saturated heterocycles. The van der Waals surface area contributed by atoms with Crippen LogP contribution in [-0.4, -0.2) is 20.7 Å². The molecule has 9 heteroatoms. The molecule has 0 aliphatic carbocycles. The molecule has 1 heterocycles. The molecule has 3 rings (SSSR count). The maximum absolute atomic E-state index is 12.9. The Bertz CT molecular complexity index is 860. The number of amides is 1. The first-order valence-electron chi connectivity index (χ1n) is 7.13. The number of alkyl halides is 3. The molecule has 3 aromatic rings. The molecule has 0 aliphatic heterocycles. The minimum Gasteiger partial charge on any atom is -0.298 e. The Kier molecular flexibility index (Phi) is 4.38. The third-order valence-corrected chi connectivity index (χ3v) is 3.36. The standard InChI is InChI=1S/C16H12F3N5O/c17-16(18,19)13-3-1-2-4-14(13)22-23-15(25)11-5-7-12(8-6-11)24-10-20-9-21-24/h1-10,22H,(H,23,25). The van der Waals surface area contributed by atoms with Gasteiger partial charge in [-0.2, -0.15) is 18.3 Å². The van der Waals surface area contributed by atoms with E-state index in [0.717, 1.165) is 6.07 Å². The molecule has 1 amide bonds. The van der Waals surface area contributed by atoms with E-state index in [2.05, 4.69) is 20.9 Å². The van der Waals surface area contributed by atoms with Gasteiger partial charge in [0, 0.05) is 5.56 Å². The molecule has 0 bridgehead atoms. The quantitative estimate of drug-likeness (QED) is 0.712. The first-order chi connectivity index (χ1) is 11.9. The number of hydrogen-bond donors (Lipinski definition) is 2. The topological polar surface area (TPSA) is 71.8 Å². The molecular formula is C16H12F3N5O. The van der Waals surface area contributed by atoms with Crippen molar-refractivity contribution < 1.29 is 18.0 Å². The number of benzene rings is 2. The summed E-state index contributed by atoms with van der Waals surface area (Å²) < 4.78 is 40.2. The predicted molar refractivity (Wildman–Crippen MR) is 83.9 cm³/mol. The van der Waals surface area contributed by atoms with E-state index >= 15 is 0 Å². The highest BCUT2D eigenvalue weighted by atomic mass is 19.4. The maximum atomic E-state index is 12.9. The number of hydrazine groups is 1. The summed E-state index contributed by atoms with van der Waals surface area (Å²) in [6, 6.07) is 11.2. The van der Waals surface area contributed by atoms with Gasteiger partial charge in [-0.25, -0.2) is 9.67 Å². The fraction of sp³-hybridized carbons (Fsp3) is 0.0625. The van der Waals surface area contributed by atoms with E-state index in [1.165, 1.54) is 47.7 Å². The van der Waals surface area contributed by atoms with Crippen LogP contribution in [0, 0.1) is 0 Å². The Morgan fingerprint density at radius 3 is 2.40 bits per heavy atom. The van der Waals surface area contributed by atoms with E-state index in [1.54, 1.807) is 12.1 Å². The molecule has 25 heavy (non-hydrogen) atoms. The van der Waals surface area contributed by atoms with Gasteiger partial charge < -0.3 is 0 Å². The smallest absolute Gasteiger partial charge is 0.298 e. The average molecular weight is 347 g/mol. The van der Waals surface area contributed by atoms with Crippen molar-refractivity contribution >= 4 is 11.6 Å². The molecular weight excluding hydrogens is 335 g/mol. The lowest BCUT2D eigenvalue weighted by molar-refractivity contribution is -0.137. The van der Waals surface area contributed by atoms with Crippen molar-refractivity contribution in [1.29, 1.82) is 0 Å². The summed E-state index contributed by atoms with van der Waals surface area (Å²) in [6.45, 7) is 0. The lowest BCUT2D eigenvalue weighted by Crippen LogP contribution is -2.30. The zero-order valence-corrected chi connectivity index (χ0v) is 12.7. The van der Waals surface area contributed by atoms with Gasteiger partial charge in [-0.1, -0.05) is 12.1 Å². The summed E-state index contributed by atoms with van der Waals surface area (Å²) in [5, 5.41) is 3.96. The van der Waals surface area contributed by atoms with Gasteiger partial charge in [0.05, 0.1) is 16.9 Å². The van der Waals surface area contributed by atoms with Crippen LogP contribution < -0.4 is 10.9 Å². The molecule has 0 atom stereocenters. The van der Waals surface area contributed by atoms with Crippen LogP contribution in [0.4, 0.5) is 18.9 Å². The number of halogens is 3. The Morgan fingerprint density at radius 2 is 1.76 bits per heavy atom. The largest absolute Gasteiger partial charge is 0.418 e. The Labute approximate surface area is 140 Å². The van der Waals surface area contributed by atoms with Crippen LogP contribution in [0.1, 0.15) is 15.9 Å². The summed E-state index contributed by atoms with van der Waals surface area (Å²) in [4.78, 5) is 15.9. The lowest BCUT2D eigenvalue weighted by Gasteiger charge is -2.15. The number of nitrogens with one attached hydrogen (secondary N) is 2. The first kappa shape index (κ1) is 16.5. The summed E-state index contributed by atoms with van der Waals surface area (Å²) >= 11 is 0. The van der Waals surface area contributed by atoms with Crippen molar-refractivity contribution in [1.82, 2.24) is 20.2 Å². The van der Waals surface area contributed by atoms with Crippen molar-refractivity contribution in [3.05, 3.63) is 72.3 Å². The molecule has 0 unspecified atom stereocenters. The lowest BCUT2D eigenvalue weighted by atomic mass is 10.2. The second-order valence-electron chi connectivity index (χ2n) is 5.01. The highest BCUT2D eigenvalue weighted by Gasteiger charge is 2.33. The highest BCUT2D eigenvalue weighted by molar-refractivity contribution is 5.95. The third kappa shape index (κ3) is 3.77. The van der Waals surface area contributed by atoms with Gasteiger partial charge in [-0.3, -0.25) is 15.6 Å². The molecule has 0 fully saturated rings. The highest BCUT2D eigenvalue weighted by Crippen LogP contribution is 2.34. The fourth-order valence-corrected chi connectivity index (χ4v) is 2.14. The number of carbonyl (C=O) groups is 1. The van der Waals surface area contributed by atoms with E-state index in [9.17, 15) is 18.0 Å². The monoisotopic (exact) mass is 347 g/mol. The van der Waals surface area contributed by atoms with Crippen LogP contribution in [0.15, 0.2) is 61.2 Å². The average Bonchev–Trinajstić information content (AvgIpc) is 3.14. The zero-order chi connectivity index (χ0) is 17.9. The van der Waals surface area contributed by atoms with Crippen LogP contribution >= 0.6 is 0 Å². The number of para-hydroxylation sites is 1. The molecule has 0 spiro atoms. The molecule has 6 nitrogen and oxygen atoms in total. The van der Waals surface area contributed by atoms with Gasteiger partial charge in [0.2, 0.25) is 0 Å². The number of anilines is 1. The van der Waals surface area contributed by atoms with Gasteiger partial charge >= 0.3 is 6.18 Å². The molecule has 0 aliphatic rings. The van der Waals surface area contributed by atoms with Gasteiger partial charge in [-0.15, -0.1) is 0 Å². The third-order valence-electron chi connectivity index (χ3n) is 3.36. The number of nitrogens with zero attached hydrogens (tertiary/aromatic N) is 3. The van der Waals surface area contributed by atoms with Crippen molar-refractivity contribution in [3.8, 4) is 5.69 Å². The van der Waals surface area contributed by atoms with Crippen LogP contribution in [0.2, 0.25) is 0 Å². The van der Waals surface area contributed by atoms with Crippen molar-refractivity contribution in [2.45, 2.75) is 6.18 Å². The number of aromatic nitrogens is 3. The van der Waals surface area contributed by atoms with E-state index < -0.39 is 17.6 Å². The number of rotatable bonds is 4. The molecule has 2 aromatic carbocycles. The van der Waals surface area contributed by atoms with E-state index in [-0.39, 0.29) is 11.3 Å². The van der Waals surface area contributed by atoms with E-state index in [1.807, 2.05) is 0 Å². The fourth-order valence-electron chi connectivity index (χ4n) is 2.14. The van der Waals surface area contributed by atoms with Crippen LogP contribution in [-0.2, 0) is 6.18 Å². The molecule has 128 valence electrons. The predicted octanol–water partition coefficient (Wildman–Crippen LogP) is 3.04. The van der Waals surface area contributed by atoms with E-state index in [4.69, 9.17) is 0 Å². The van der Waals surface area contributed by atoms with Crippen molar-refractivity contribution in [2.24, 2.45) is 0 Å². The van der Waals surface area contributed by atoms with Gasteiger partial charge in [0.1, 0.15) is 12.7 Å².